The number of nitrogens with zero attached hydrogens (tertiary/aromatic N) is 3. The average Bonchev–Trinajstić information content (AvgIpc) is 3.14. The van der Waals surface area contributed by atoms with Gasteiger partial charge in [0.05, 0.1) is 18.8 Å². The van der Waals surface area contributed by atoms with Gasteiger partial charge in [0.2, 0.25) is 0 Å². The van der Waals surface area contributed by atoms with E-state index in [9.17, 15) is 0 Å². The second-order valence-electron chi connectivity index (χ2n) is 7.14. The first-order chi connectivity index (χ1) is 12.2. The lowest BCUT2D eigenvalue weighted by Crippen LogP contribution is -2.49. The second kappa shape index (κ2) is 11.0. The van der Waals surface area contributed by atoms with Gasteiger partial charge < -0.3 is 20.3 Å². The Hall–Kier alpha value is -0.930. The molecule has 2 fully saturated rings. The van der Waals surface area contributed by atoms with Gasteiger partial charge in [0.1, 0.15) is 0 Å². The third-order valence-electron chi connectivity index (χ3n) is 5.23. The van der Waals surface area contributed by atoms with E-state index in [0.29, 0.717) is 12.6 Å². The molecule has 0 aromatic carbocycles. The summed E-state index contributed by atoms with van der Waals surface area (Å²) in [6.45, 7) is 8.19. The van der Waals surface area contributed by atoms with Crippen LogP contribution in [0.4, 0.5) is 0 Å². The molecule has 1 aromatic heterocycles. The molecule has 2 saturated heterocycles. The van der Waals surface area contributed by atoms with Crippen LogP contribution in [-0.2, 0) is 11.3 Å². The number of rotatable bonds is 5. The Bertz CT molecular complexity index is 569. The molecular weight excluding hydrogens is 441 g/mol. The predicted molar refractivity (Wildman–Crippen MR) is 116 cm³/mol. The van der Waals surface area contributed by atoms with E-state index in [1.165, 1.54) is 18.5 Å². The first-order valence-electron chi connectivity index (χ1n) is 9.42. The van der Waals surface area contributed by atoms with Gasteiger partial charge in [0.15, 0.2) is 5.96 Å². The number of likely N-dealkylation sites (tertiary alicyclic amines) is 1. The fraction of sp³-hybridized carbons (Fsp3) is 0.684. The first-order valence-corrected chi connectivity index (χ1v) is 9.42. The molecule has 1 unspecified atom stereocenters. The van der Waals surface area contributed by atoms with Gasteiger partial charge in [-0.15, -0.1) is 24.0 Å². The molecule has 3 heterocycles. The lowest BCUT2D eigenvalue weighted by Gasteiger charge is -2.34. The number of hydrogen-bond donors (Lipinski definition) is 2. The lowest BCUT2D eigenvalue weighted by atomic mass is 10.0. The maximum atomic E-state index is 5.49. The van der Waals surface area contributed by atoms with Gasteiger partial charge in [-0.25, -0.2) is 0 Å². The van der Waals surface area contributed by atoms with Crippen molar-refractivity contribution in [2.45, 2.75) is 38.8 Å². The zero-order valence-electron chi connectivity index (χ0n) is 15.9. The van der Waals surface area contributed by atoms with Gasteiger partial charge in [-0.2, -0.15) is 0 Å². The highest BCUT2D eigenvalue weighted by Gasteiger charge is 2.24. The molecular formula is C19H32IN5O. The Morgan fingerprint density at radius 1 is 1.35 bits per heavy atom. The molecule has 0 amide bonds. The standard InChI is InChI=1S/C19H31N5O.HI/c1-15-4-3-8-21-18(15)12-22-19(20-2)23-17-5-9-24(10-6-17)13-16-7-11-25-14-16;/h3-4,8,16-17H,5-7,9-14H2,1-2H3,(H2,20,22,23);1H. The van der Waals surface area contributed by atoms with Crippen molar-refractivity contribution in [3.8, 4) is 0 Å². The molecule has 7 heteroatoms. The average molecular weight is 473 g/mol. The SMILES string of the molecule is CN=C(NCc1ncccc1C)NC1CCN(CC2CCOC2)CC1.I. The van der Waals surface area contributed by atoms with Gasteiger partial charge in [0, 0.05) is 45.5 Å². The number of guanidine groups is 1. The van der Waals surface area contributed by atoms with Crippen LogP contribution in [0.25, 0.3) is 0 Å². The molecule has 2 aliphatic rings. The molecule has 6 nitrogen and oxygen atoms in total. The smallest absolute Gasteiger partial charge is 0.191 e. The number of aromatic nitrogens is 1. The van der Waals surface area contributed by atoms with E-state index in [-0.39, 0.29) is 24.0 Å². The topological polar surface area (TPSA) is 61.8 Å². The van der Waals surface area contributed by atoms with Crippen molar-refractivity contribution in [2.24, 2.45) is 10.9 Å². The minimum absolute atomic E-state index is 0. The van der Waals surface area contributed by atoms with E-state index < -0.39 is 0 Å². The highest BCUT2D eigenvalue weighted by molar-refractivity contribution is 14.0. The number of aryl methyl sites for hydroxylation is 1. The fourth-order valence-electron chi connectivity index (χ4n) is 3.61. The molecule has 2 aliphatic heterocycles. The van der Waals surface area contributed by atoms with Gasteiger partial charge >= 0.3 is 0 Å². The first kappa shape index (κ1) is 21.4. The summed E-state index contributed by atoms with van der Waals surface area (Å²) < 4.78 is 5.49. The fourth-order valence-corrected chi connectivity index (χ4v) is 3.61. The van der Waals surface area contributed by atoms with Crippen molar-refractivity contribution < 1.29 is 4.74 Å². The minimum Gasteiger partial charge on any atom is -0.381 e. The highest BCUT2D eigenvalue weighted by Crippen LogP contribution is 2.17. The number of halogens is 1. The molecule has 0 bridgehead atoms. The molecule has 146 valence electrons. The monoisotopic (exact) mass is 473 g/mol. The maximum Gasteiger partial charge on any atom is 0.191 e. The van der Waals surface area contributed by atoms with E-state index in [1.54, 1.807) is 0 Å². The normalized spacial score (nSPS) is 22.1. The van der Waals surface area contributed by atoms with Gasteiger partial charge in [-0.3, -0.25) is 9.98 Å². The Balaban J connectivity index is 0.00000243. The summed E-state index contributed by atoms with van der Waals surface area (Å²) in [5.74, 6) is 1.60. The summed E-state index contributed by atoms with van der Waals surface area (Å²) in [6.07, 6.45) is 5.39. The number of piperidine rings is 1. The van der Waals surface area contributed by atoms with Crippen LogP contribution in [0.2, 0.25) is 0 Å². The number of aliphatic imine (C=N–C) groups is 1. The van der Waals surface area contributed by atoms with Crippen molar-refractivity contribution >= 4 is 29.9 Å². The molecule has 2 N–H and O–H groups in total. The van der Waals surface area contributed by atoms with Gasteiger partial charge in [0.25, 0.3) is 0 Å². The number of ether oxygens (including phenoxy) is 1. The summed E-state index contributed by atoms with van der Waals surface area (Å²) >= 11 is 0. The number of pyridine rings is 1. The second-order valence-corrected chi connectivity index (χ2v) is 7.14. The van der Waals surface area contributed by atoms with Gasteiger partial charge in [-0.05, 0) is 43.7 Å². The Morgan fingerprint density at radius 2 is 2.15 bits per heavy atom. The minimum atomic E-state index is 0. The molecule has 0 spiro atoms. The summed E-state index contributed by atoms with van der Waals surface area (Å²) in [5, 5.41) is 6.96. The van der Waals surface area contributed by atoms with Crippen LogP contribution in [0.5, 0.6) is 0 Å². The van der Waals surface area contributed by atoms with Crippen molar-refractivity contribution in [2.75, 3.05) is 39.9 Å². The third-order valence-corrected chi connectivity index (χ3v) is 5.23. The quantitative estimate of drug-likeness (QED) is 0.390. The van der Waals surface area contributed by atoms with Crippen LogP contribution in [0.1, 0.15) is 30.5 Å². The van der Waals surface area contributed by atoms with E-state index in [4.69, 9.17) is 4.74 Å². The van der Waals surface area contributed by atoms with Crippen molar-refractivity contribution in [1.29, 1.82) is 0 Å². The summed E-state index contributed by atoms with van der Waals surface area (Å²) in [5.41, 5.74) is 2.27. The molecule has 0 saturated carbocycles. The van der Waals surface area contributed by atoms with Crippen LogP contribution in [0.15, 0.2) is 23.3 Å². The summed E-state index contributed by atoms with van der Waals surface area (Å²) in [4.78, 5) is 11.4. The van der Waals surface area contributed by atoms with Crippen LogP contribution < -0.4 is 10.6 Å². The predicted octanol–water partition coefficient (Wildman–Crippen LogP) is 2.17. The zero-order chi connectivity index (χ0) is 17.5. The molecule has 0 radical (unpaired) electrons. The Labute approximate surface area is 174 Å². The maximum absolute atomic E-state index is 5.49. The summed E-state index contributed by atoms with van der Waals surface area (Å²) in [7, 11) is 1.83. The molecule has 1 aromatic rings. The number of hydrogen-bond acceptors (Lipinski definition) is 4. The number of nitrogens with one attached hydrogen (secondary N) is 2. The van der Waals surface area contributed by atoms with E-state index in [2.05, 4.69) is 38.5 Å². The van der Waals surface area contributed by atoms with Crippen LogP contribution >= 0.6 is 24.0 Å². The van der Waals surface area contributed by atoms with E-state index >= 15 is 0 Å². The van der Waals surface area contributed by atoms with Crippen molar-refractivity contribution in [3.63, 3.8) is 0 Å². The lowest BCUT2D eigenvalue weighted by molar-refractivity contribution is 0.150. The van der Waals surface area contributed by atoms with E-state index in [0.717, 1.165) is 56.7 Å². The largest absolute Gasteiger partial charge is 0.381 e. The molecule has 1 atom stereocenters. The van der Waals surface area contributed by atoms with Crippen LogP contribution in [0.3, 0.4) is 0 Å². The van der Waals surface area contributed by atoms with Gasteiger partial charge in [-0.1, -0.05) is 6.07 Å². The Kier molecular flexibility index (Phi) is 9.07. The van der Waals surface area contributed by atoms with E-state index in [1.807, 2.05) is 19.3 Å². The molecule has 0 aliphatic carbocycles. The van der Waals surface area contributed by atoms with Crippen LogP contribution in [-0.4, -0.2) is 61.8 Å². The zero-order valence-corrected chi connectivity index (χ0v) is 18.2. The highest BCUT2D eigenvalue weighted by atomic mass is 127. The summed E-state index contributed by atoms with van der Waals surface area (Å²) in [6, 6.07) is 4.55. The third kappa shape index (κ3) is 6.35. The molecule has 3 rings (SSSR count). The van der Waals surface area contributed by atoms with Crippen LogP contribution in [0, 0.1) is 12.8 Å². The Morgan fingerprint density at radius 3 is 2.81 bits per heavy atom. The van der Waals surface area contributed by atoms with Crippen molar-refractivity contribution in [3.05, 3.63) is 29.6 Å². The molecule has 26 heavy (non-hydrogen) atoms. The van der Waals surface area contributed by atoms with Crippen molar-refractivity contribution in [1.82, 2.24) is 20.5 Å².